The molecule has 0 aliphatic carbocycles. The molecule has 112 valence electrons. The van der Waals surface area contributed by atoms with Gasteiger partial charge in [-0.05, 0) is 24.8 Å². The van der Waals surface area contributed by atoms with E-state index in [1.54, 1.807) is 0 Å². The maximum absolute atomic E-state index is 6.02. The Hall–Kier alpha value is -1.20. The van der Waals surface area contributed by atoms with Gasteiger partial charge in [-0.2, -0.15) is 5.10 Å². The summed E-state index contributed by atoms with van der Waals surface area (Å²) in [5.41, 5.74) is 9.55. The van der Waals surface area contributed by atoms with Crippen molar-refractivity contribution in [3.05, 3.63) is 16.8 Å². The predicted octanol–water partition coefficient (Wildman–Crippen LogP) is 1.68. The molecule has 0 amide bonds. The van der Waals surface area contributed by atoms with Crippen LogP contribution in [0.3, 0.4) is 0 Å². The number of ether oxygens (including phenoxy) is 1. The van der Waals surface area contributed by atoms with Crippen LogP contribution in [-0.2, 0) is 24.1 Å². The second-order valence-electron chi connectivity index (χ2n) is 5.17. The number of anilines is 1. The molecule has 1 aliphatic rings. The molecular formula is C15H26N4O. The van der Waals surface area contributed by atoms with Gasteiger partial charge in [0, 0.05) is 18.7 Å². The maximum Gasteiger partial charge on any atom is 0.156 e. The van der Waals surface area contributed by atoms with Crippen LogP contribution in [0.4, 0.5) is 5.82 Å². The SMILES string of the molecule is CCc1nnc(N2CCOCC2CC)c(CN)c1CC. The Morgan fingerprint density at radius 3 is 2.60 bits per heavy atom. The van der Waals surface area contributed by atoms with E-state index >= 15 is 0 Å². The van der Waals surface area contributed by atoms with Crippen molar-refractivity contribution >= 4 is 5.82 Å². The number of hydrogen-bond acceptors (Lipinski definition) is 5. The molecule has 1 aromatic rings. The van der Waals surface area contributed by atoms with E-state index in [0.717, 1.165) is 50.5 Å². The molecule has 5 nitrogen and oxygen atoms in total. The molecule has 1 fully saturated rings. The Kier molecular flexibility index (Phi) is 5.31. The quantitative estimate of drug-likeness (QED) is 0.887. The summed E-state index contributed by atoms with van der Waals surface area (Å²) < 4.78 is 5.58. The Bertz CT molecular complexity index is 450. The summed E-state index contributed by atoms with van der Waals surface area (Å²) >= 11 is 0. The largest absolute Gasteiger partial charge is 0.377 e. The van der Waals surface area contributed by atoms with Crippen LogP contribution in [0.5, 0.6) is 0 Å². The number of aromatic nitrogens is 2. The predicted molar refractivity (Wildman–Crippen MR) is 80.9 cm³/mol. The molecule has 20 heavy (non-hydrogen) atoms. The van der Waals surface area contributed by atoms with Gasteiger partial charge in [0.25, 0.3) is 0 Å². The highest BCUT2D eigenvalue weighted by molar-refractivity contribution is 5.52. The minimum atomic E-state index is 0.375. The van der Waals surface area contributed by atoms with Crippen molar-refractivity contribution in [2.75, 3.05) is 24.7 Å². The van der Waals surface area contributed by atoms with Crippen LogP contribution in [0.1, 0.15) is 44.0 Å². The summed E-state index contributed by atoms with van der Waals surface area (Å²) in [5, 5.41) is 8.92. The van der Waals surface area contributed by atoms with Crippen molar-refractivity contribution in [3.8, 4) is 0 Å². The topological polar surface area (TPSA) is 64.3 Å². The summed E-state index contributed by atoms with van der Waals surface area (Å²) in [6.45, 7) is 9.37. The molecule has 0 aromatic carbocycles. The molecular weight excluding hydrogens is 252 g/mol. The molecule has 0 spiro atoms. The monoisotopic (exact) mass is 278 g/mol. The molecule has 1 unspecified atom stereocenters. The third-order valence-corrected chi connectivity index (χ3v) is 4.11. The van der Waals surface area contributed by atoms with E-state index in [0.29, 0.717) is 12.6 Å². The fourth-order valence-electron chi connectivity index (χ4n) is 2.96. The summed E-state index contributed by atoms with van der Waals surface area (Å²) in [5.74, 6) is 0.969. The summed E-state index contributed by atoms with van der Waals surface area (Å²) in [6.07, 6.45) is 2.91. The molecule has 2 N–H and O–H groups in total. The van der Waals surface area contributed by atoms with Crippen LogP contribution < -0.4 is 10.6 Å². The third kappa shape index (κ3) is 2.79. The molecule has 2 rings (SSSR count). The highest BCUT2D eigenvalue weighted by Crippen LogP contribution is 2.27. The molecule has 5 heteroatoms. The van der Waals surface area contributed by atoms with Gasteiger partial charge in [-0.1, -0.05) is 20.8 Å². The van der Waals surface area contributed by atoms with Crippen molar-refractivity contribution in [1.29, 1.82) is 0 Å². The maximum atomic E-state index is 6.02. The number of hydrogen-bond donors (Lipinski definition) is 1. The second kappa shape index (κ2) is 6.99. The fourth-order valence-corrected chi connectivity index (χ4v) is 2.96. The fraction of sp³-hybridized carbons (Fsp3) is 0.733. The number of nitrogens with zero attached hydrogens (tertiary/aromatic N) is 3. The first kappa shape index (κ1) is 15.2. The third-order valence-electron chi connectivity index (χ3n) is 4.11. The standard InChI is InChI=1S/C15H26N4O/c1-4-11-10-20-8-7-19(11)15-13(9-16)12(5-2)14(6-3)17-18-15/h11H,4-10,16H2,1-3H3. The van der Waals surface area contributed by atoms with Gasteiger partial charge in [-0.3, -0.25) is 0 Å². The van der Waals surface area contributed by atoms with Crippen LogP contribution in [0.15, 0.2) is 0 Å². The van der Waals surface area contributed by atoms with Crippen molar-refractivity contribution in [2.45, 2.75) is 52.6 Å². The smallest absolute Gasteiger partial charge is 0.156 e. The van der Waals surface area contributed by atoms with Crippen LogP contribution in [0, 0.1) is 0 Å². The molecule has 1 atom stereocenters. The number of rotatable bonds is 5. The van der Waals surface area contributed by atoms with E-state index in [1.807, 2.05) is 0 Å². The zero-order valence-corrected chi connectivity index (χ0v) is 12.9. The van der Waals surface area contributed by atoms with Crippen molar-refractivity contribution < 1.29 is 4.74 Å². The number of aryl methyl sites for hydroxylation is 1. The average molecular weight is 278 g/mol. The van der Waals surface area contributed by atoms with Crippen LogP contribution in [0.2, 0.25) is 0 Å². The Morgan fingerprint density at radius 1 is 1.20 bits per heavy atom. The van der Waals surface area contributed by atoms with Gasteiger partial charge in [0.2, 0.25) is 0 Å². The first-order valence-electron chi connectivity index (χ1n) is 7.68. The summed E-state index contributed by atoms with van der Waals surface area (Å²) in [6, 6.07) is 0.375. The van der Waals surface area contributed by atoms with Gasteiger partial charge < -0.3 is 15.4 Å². The van der Waals surface area contributed by atoms with Crippen molar-refractivity contribution in [2.24, 2.45) is 5.73 Å². The Morgan fingerprint density at radius 2 is 2.00 bits per heavy atom. The summed E-state index contributed by atoms with van der Waals surface area (Å²) in [4.78, 5) is 2.33. The zero-order valence-electron chi connectivity index (χ0n) is 12.9. The molecule has 1 aromatic heterocycles. The van der Waals surface area contributed by atoms with E-state index in [9.17, 15) is 0 Å². The van der Waals surface area contributed by atoms with Crippen molar-refractivity contribution in [1.82, 2.24) is 10.2 Å². The van der Waals surface area contributed by atoms with E-state index in [-0.39, 0.29) is 0 Å². The molecule has 0 bridgehead atoms. The molecule has 2 heterocycles. The second-order valence-corrected chi connectivity index (χ2v) is 5.17. The highest BCUT2D eigenvalue weighted by atomic mass is 16.5. The average Bonchev–Trinajstić information content (AvgIpc) is 2.53. The Balaban J connectivity index is 2.44. The first-order valence-corrected chi connectivity index (χ1v) is 7.68. The van der Waals surface area contributed by atoms with Crippen molar-refractivity contribution in [3.63, 3.8) is 0 Å². The molecule has 0 radical (unpaired) electrons. The lowest BCUT2D eigenvalue weighted by molar-refractivity contribution is 0.0923. The normalized spacial score (nSPS) is 19.4. The minimum Gasteiger partial charge on any atom is -0.377 e. The van der Waals surface area contributed by atoms with Gasteiger partial charge in [-0.25, -0.2) is 0 Å². The van der Waals surface area contributed by atoms with Gasteiger partial charge in [-0.15, -0.1) is 5.10 Å². The van der Waals surface area contributed by atoms with Crippen LogP contribution >= 0.6 is 0 Å². The van der Waals surface area contributed by atoms with E-state index in [1.165, 1.54) is 11.1 Å². The lowest BCUT2D eigenvalue weighted by Crippen LogP contribution is -2.46. The van der Waals surface area contributed by atoms with E-state index < -0.39 is 0 Å². The highest BCUT2D eigenvalue weighted by Gasteiger charge is 2.26. The van der Waals surface area contributed by atoms with Crippen LogP contribution in [-0.4, -0.2) is 36.0 Å². The summed E-state index contributed by atoms with van der Waals surface area (Å²) in [7, 11) is 0. The Labute approximate surface area is 121 Å². The molecule has 1 saturated heterocycles. The minimum absolute atomic E-state index is 0.375. The lowest BCUT2D eigenvalue weighted by atomic mass is 10.0. The lowest BCUT2D eigenvalue weighted by Gasteiger charge is -2.37. The van der Waals surface area contributed by atoms with E-state index in [4.69, 9.17) is 10.5 Å². The van der Waals surface area contributed by atoms with Gasteiger partial charge in [0.1, 0.15) is 0 Å². The number of morpholine rings is 1. The van der Waals surface area contributed by atoms with Crippen LogP contribution in [0.25, 0.3) is 0 Å². The van der Waals surface area contributed by atoms with E-state index in [2.05, 4.69) is 35.9 Å². The zero-order chi connectivity index (χ0) is 14.5. The van der Waals surface area contributed by atoms with Gasteiger partial charge in [0.05, 0.1) is 24.9 Å². The molecule has 0 saturated carbocycles. The number of nitrogens with two attached hydrogens (primary N) is 1. The van der Waals surface area contributed by atoms with Gasteiger partial charge in [0.15, 0.2) is 5.82 Å². The first-order chi connectivity index (χ1) is 9.76. The molecule has 1 aliphatic heterocycles. The van der Waals surface area contributed by atoms with Gasteiger partial charge >= 0.3 is 0 Å².